The first kappa shape index (κ1) is 19.2. The van der Waals surface area contributed by atoms with E-state index in [1.54, 1.807) is 32.7 Å². The quantitative estimate of drug-likeness (QED) is 0.409. The van der Waals surface area contributed by atoms with Gasteiger partial charge in [0.05, 0.1) is 15.2 Å². The van der Waals surface area contributed by atoms with Crippen LogP contribution in [0.25, 0.3) is 0 Å². The number of allylic oxidation sites excluding steroid dienone is 12. The molecule has 1 saturated carbocycles. The molecule has 0 aromatic heterocycles. The minimum atomic E-state index is -1.53. The Labute approximate surface area is 168 Å². The van der Waals surface area contributed by atoms with E-state index < -0.39 is 15.2 Å². The average molecular weight is 393 g/mol. The maximum atomic E-state index is 2.67. The molecule has 0 heterocycles. The van der Waals surface area contributed by atoms with Crippen LogP contribution in [0.15, 0.2) is 69.1 Å². The molecule has 0 amide bonds. The summed E-state index contributed by atoms with van der Waals surface area (Å²) in [7, 11) is -3.02. The molecule has 0 saturated heterocycles. The van der Waals surface area contributed by atoms with Gasteiger partial charge in [-0.3, -0.25) is 0 Å². The predicted octanol–water partition coefficient (Wildman–Crippen LogP) is 7.54. The molecule has 4 rings (SSSR count). The second-order valence-corrected chi connectivity index (χ2v) is 25.1. The Kier molecular flexibility index (Phi) is 5.01. The van der Waals surface area contributed by atoms with Crippen LogP contribution in [0.3, 0.4) is 0 Å². The largest absolute Gasteiger partial charge is 0.0815 e. The Hall–Kier alpha value is -1.13. The summed E-state index contributed by atoms with van der Waals surface area (Å²) >= 11 is 0. The van der Waals surface area contributed by atoms with Crippen LogP contribution in [0.4, 0.5) is 0 Å². The molecule has 2 heteroatoms. The lowest BCUT2D eigenvalue weighted by atomic mass is 9.90. The van der Waals surface area contributed by atoms with Crippen LogP contribution < -0.4 is 0 Å². The van der Waals surface area contributed by atoms with Crippen molar-refractivity contribution in [2.24, 2.45) is 5.92 Å². The maximum absolute atomic E-state index is 2.67. The van der Waals surface area contributed by atoms with Gasteiger partial charge in [-0.2, -0.15) is 0 Å². The monoisotopic (exact) mass is 392 g/mol. The van der Waals surface area contributed by atoms with Crippen LogP contribution in [-0.4, -0.2) is 15.2 Å². The van der Waals surface area contributed by atoms with Crippen LogP contribution in [0.2, 0.25) is 26.2 Å². The van der Waals surface area contributed by atoms with Gasteiger partial charge < -0.3 is 0 Å². The number of hydrogen-bond donors (Lipinski definition) is 0. The lowest BCUT2D eigenvalue weighted by molar-refractivity contribution is 0.779. The normalized spacial score (nSPS) is 24.6. The second-order valence-electron chi connectivity index (χ2n) is 9.99. The highest BCUT2D eigenvalue weighted by Gasteiger charge is 2.47. The van der Waals surface area contributed by atoms with Crippen molar-refractivity contribution in [3.63, 3.8) is 0 Å². The summed E-state index contributed by atoms with van der Waals surface area (Å²) < 4.78 is 0. The molecule has 0 aromatic carbocycles. The lowest BCUT2D eigenvalue weighted by Crippen LogP contribution is -2.57. The standard InChI is InChI=1S/C25H36Si2/c1-6-7-9-19-12-14-23(16-19)26(2,3)27(4,5)25-15-13-22-17-20-10-8-11-21(20)18-24(22)25/h13-18,22H,6-12H2,1-5H3. The fraction of sp³-hybridized carbons (Fsp3) is 0.520. The van der Waals surface area contributed by atoms with Gasteiger partial charge in [0.2, 0.25) is 0 Å². The van der Waals surface area contributed by atoms with E-state index >= 15 is 0 Å². The van der Waals surface area contributed by atoms with Gasteiger partial charge in [-0.25, -0.2) is 0 Å². The average Bonchev–Trinajstić information content (AvgIpc) is 3.36. The van der Waals surface area contributed by atoms with Crippen LogP contribution >= 0.6 is 0 Å². The van der Waals surface area contributed by atoms with Gasteiger partial charge in [0.25, 0.3) is 0 Å². The molecular weight excluding hydrogens is 356 g/mol. The molecule has 144 valence electrons. The third-order valence-electron chi connectivity index (χ3n) is 7.91. The highest BCUT2D eigenvalue weighted by atomic mass is 29.3. The minimum absolute atomic E-state index is 0.571. The highest BCUT2D eigenvalue weighted by molar-refractivity contribution is 7.46. The second kappa shape index (κ2) is 7.04. The molecular formula is C25H36Si2. The Bertz CT molecular complexity index is 824. The van der Waals surface area contributed by atoms with E-state index in [9.17, 15) is 0 Å². The molecule has 1 atom stereocenters. The molecule has 4 aliphatic carbocycles. The van der Waals surface area contributed by atoms with Gasteiger partial charge in [-0.15, -0.1) is 0 Å². The molecule has 0 spiro atoms. The van der Waals surface area contributed by atoms with Crippen molar-refractivity contribution in [3.05, 3.63) is 69.1 Å². The summed E-state index contributed by atoms with van der Waals surface area (Å²) in [6, 6.07) is 0. The van der Waals surface area contributed by atoms with Gasteiger partial charge in [0.1, 0.15) is 0 Å². The molecule has 0 nitrogen and oxygen atoms in total. The molecule has 1 fully saturated rings. The van der Waals surface area contributed by atoms with Crippen molar-refractivity contribution >= 4 is 15.2 Å². The van der Waals surface area contributed by atoms with E-state index in [0.717, 1.165) is 0 Å². The maximum Gasteiger partial charge on any atom is 0.0795 e. The van der Waals surface area contributed by atoms with Gasteiger partial charge in [0, 0.05) is 5.92 Å². The van der Waals surface area contributed by atoms with E-state index in [1.807, 2.05) is 0 Å². The van der Waals surface area contributed by atoms with Crippen molar-refractivity contribution < 1.29 is 0 Å². The van der Waals surface area contributed by atoms with E-state index in [4.69, 9.17) is 0 Å². The first-order chi connectivity index (χ1) is 12.8. The summed E-state index contributed by atoms with van der Waals surface area (Å²) in [5.74, 6) is 0.571. The van der Waals surface area contributed by atoms with E-state index in [-0.39, 0.29) is 0 Å². The van der Waals surface area contributed by atoms with Gasteiger partial charge in [-0.1, -0.05) is 92.0 Å². The van der Waals surface area contributed by atoms with Crippen molar-refractivity contribution in [2.45, 2.75) is 78.1 Å². The van der Waals surface area contributed by atoms with Crippen molar-refractivity contribution in [1.29, 1.82) is 0 Å². The molecule has 0 aromatic rings. The Morgan fingerprint density at radius 1 is 1.00 bits per heavy atom. The summed E-state index contributed by atoms with van der Waals surface area (Å²) in [6.45, 7) is 13.0. The molecule has 27 heavy (non-hydrogen) atoms. The number of unbranched alkanes of at least 4 members (excludes halogenated alkanes) is 1. The van der Waals surface area contributed by atoms with Crippen LogP contribution in [0.5, 0.6) is 0 Å². The molecule has 0 bridgehead atoms. The molecule has 1 unspecified atom stereocenters. The molecule has 4 aliphatic rings. The summed E-state index contributed by atoms with van der Waals surface area (Å²) in [5, 5.41) is 3.51. The number of rotatable bonds is 6. The van der Waals surface area contributed by atoms with Crippen LogP contribution in [0.1, 0.15) is 51.9 Å². The third kappa shape index (κ3) is 3.19. The van der Waals surface area contributed by atoms with Crippen molar-refractivity contribution in [1.82, 2.24) is 0 Å². The minimum Gasteiger partial charge on any atom is -0.0815 e. The van der Waals surface area contributed by atoms with Gasteiger partial charge in [-0.05, 0) is 55.2 Å². The topological polar surface area (TPSA) is 0 Å². The SMILES string of the molecule is CCCCC1=CC([Si](C)(C)[Si](C)(C)C2=C3C=C4CCCC4=CC3C=C2)=CC1. The Morgan fingerprint density at radius 3 is 2.56 bits per heavy atom. The smallest absolute Gasteiger partial charge is 0.0795 e. The predicted molar refractivity (Wildman–Crippen MR) is 125 cm³/mol. The van der Waals surface area contributed by atoms with E-state index in [0.29, 0.717) is 5.92 Å². The van der Waals surface area contributed by atoms with E-state index in [1.165, 1.54) is 44.9 Å². The summed E-state index contributed by atoms with van der Waals surface area (Å²) in [6.07, 6.45) is 24.6. The molecule has 0 N–H and O–H groups in total. The fourth-order valence-electron chi connectivity index (χ4n) is 5.31. The fourth-order valence-corrected chi connectivity index (χ4v) is 14.7. The molecule has 0 aliphatic heterocycles. The number of fused-ring (bicyclic) bond motifs is 2. The highest BCUT2D eigenvalue weighted by Crippen LogP contribution is 2.46. The Morgan fingerprint density at radius 2 is 1.78 bits per heavy atom. The first-order valence-corrected chi connectivity index (χ1v) is 18.1. The summed E-state index contributed by atoms with van der Waals surface area (Å²) in [4.78, 5) is 0. The van der Waals surface area contributed by atoms with Gasteiger partial charge in [0.15, 0.2) is 0 Å². The molecule has 0 radical (unpaired) electrons. The summed E-state index contributed by atoms with van der Waals surface area (Å²) in [5.41, 5.74) is 6.65. The zero-order chi connectivity index (χ0) is 19.2. The lowest BCUT2D eigenvalue weighted by Gasteiger charge is -2.41. The number of hydrogen-bond acceptors (Lipinski definition) is 0. The Balaban J connectivity index is 1.65. The van der Waals surface area contributed by atoms with E-state index in [2.05, 4.69) is 69.6 Å². The van der Waals surface area contributed by atoms with Crippen molar-refractivity contribution in [3.8, 4) is 0 Å². The van der Waals surface area contributed by atoms with Gasteiger partial charge >= 0.3 is 0 Å². The van der Waals surface area contributed by atoms with Crippen molar-refractivity contribution in [2.75, 3.05) is 0 Å². The van der Waals surface area contributed by atoms with Crippen LogP contribution in [0, 0.1) is 5.92 Å². The zero-order valence-corrected chi connectivity index (χ0v) is 20.0. The third-order valence-corrected chi connectivity index (χ3v) is 25.7. The zero-order valence-electron chi connectivity index (χ0n) is 18.0. The van der Waals surface area contributed by atoms with Crippen LogP contribution in [-0.2, 0) is 0 Å². The first-order valence-electron chi connectivity index (χ1n) is 11.1.